The quantitative estimate of drug-likeness (QED) is 0.527. The summed E-state index contributed by atoms with van der Waals surface area (Å²) < 4.78 is 5.11. The molecule has 3 aromatic rings. The van der Waals surface area contributed by atoms with Gasteiger partial charge in [0.1, 0.15) is 10.8 Å². The van der Waals surface area contributed by atoms with Crippen LogP contribution in [0.5, 0.6) is 5.75 Å². The van der Waals surface area contributed by atoms with Crippen molar-refractivity contribution in [1.82, 2.24) is 10.2 Å². The lowest BCUT2D eigenvalue weighted by atomic mass is 10.1. The molecule has 0 saturated heterocycles. The molecule has 3 rings (SSSR count). The molecule has 26 heavy (non-hydrogen) atoms. The first-order chi connectivity index (χ1) is 12.5. The smallest absolute Gasteiger partial charge is 0.269 e. The summed E-state index contributed by atoms with van der Waals surface area (Å²) in [5.41, 5.74) is 1.54. The maximum atomic E-state index is 12.1. The number of amides is 1. The SMILES string of the molecule is COc1ccc(-c2nnc(NC(=O)Cc3ccc([N+](=O)[O-])cc3)s2)cc1. The van der Waals surface area contributed by atoms with Gasteiger partial charge >= 0.3 is 0 Å². The van der Waals surface area contributed by atoms with E-state index in [0.29, 0.717) is 15.7 Å². The average molecular weight is 370 g/mol. The number of non-ortho nitro benzene ring substituents is 1. The molecular formula is C17H14N4O4S. The molecule has 0 fully saturated rings. The third-order valence-electron chi connectivity index (χ3n) is 3.52. The molecule has 0 aliphatic heterocycles. The van der Waals surface area contributed by atoms with Gasteiger partial charge in [-0.1, -0.05) is 23.5 Å². The van der Waals surface area contributed by atoms with Crippen molar-refractivity contribution in [1.29, 1.82) is 0 Å². The molecule has 0 bridgehead atoms. The number of nitrogens with zero attached hydrogens (tertiary/aromatic N) is 3. The van der Waals surface area contributed by atoms with Gasteiger partial charge in [-0.2, -0.15) is 0 Å². The first-order valence-electron chi connectivity index (χ1n) is 7.56. The Bertz CT molecular complexity index is 923. The van der Waals surface area contributed by atoms with Crippen molar-refractivity contribution >= 4 is 28.1 Å². The van der Waals surface area contributed by atoms with Gasteiger partial charge in [0.2, 0.25) is 11.0 Å². The van der Waals surface area contributed by atoms with Crippen molar-refractivity contribution in [3.63, 3.8) is 0 Å². The number of nitro benzene ring substituents is 1. The zero-order valence-electron chi connectivity index (χ0n) is 13.7. The van der Waals surface area contributed by atoms with Gasteiger partial charge in [0.05, 0.1) is 18.5 Å². The molecule has 1 N–H and O–H groups in total. The fourth-order valence-corrected chi connectivity index (χ4v) is 2.97. The minimum atomic E-state index is -0.480. The van der Waals surface area contributed by atoms with Gasteiger partial charge in [0.25, 0.3) is 5.69 Å². The van der Waals surface area contributed by atoms with Crippen LogP contribution < -0.4 is 10.1 Å². The number of ether oxygens (including phenoxy) is 1. The Morgan fingerprint density at radius 1 is 1.15 bits per heavy atom. The number of methoxy groups -OCH3 is 1. The van der Waals surface area contributed by atoms with Crippen molar-refractivity contribution in [2.75, 3.05) is 12.4 Å². The molecule has 1 amide bonds. The lowest BCUT2D eigenvalue weighted by Crippen LogP contribution is -2.14. The highest BCUT2D eigenvalue weighted by atomic mass is 32.1. The molecule has 0 spiro atoms. The fraction of sp³-hybridized carbons (Fsp3) is 0.118. The molecule has 8 nitrogen and oxygen atoms in total. The summed E-state index contributed by atoms with van der Waals surface area (Å²) in [6.07, 6.45) is 0.0927. The number of nitrogens with one attached hydrogen (secondary N) is 1. The largest absolute Gasteiger partial charge is 0.497 e. The van der Waals surface area contributed by atoms with Crippen molar-refractivity contribution in [2.24, 2.45) is 0 Å². The number of rotatable bonds is 6. The zero-order valence-corrected chi connectivity index (χ0v) is 14.5. The molecule has 0 aliphatic carbocycles. The van der Waals surface area contributed by atoms with E-state index < -0.39 is 4.92 Å². The Morgan fingerprint density at radius 2 is 1.85 bits per heavy atom. The van der Waals surface area contributed by atoms with Crippen LogP contribution in [0, 0.1) is 10.1 Å². The standard InChI is InChI=1S/C17H14N4O4S/c1-25-14-8-4-12(5-9-14)16-19-20-17(26-16)18-15(22)10-11-2-6-13(7-3-11)21(23)24/h2-9H,10H2,1H3,(H,18,20,22). The monoisotopic (exact) mass is 370 g/mol. The van der Waals surface area contributed by atoms with Crippen LogP contribution in [0.25, 0.3) is 10.6 Å². The third kappa shape index (κ3) is 4.19. The van der Waals surface area contributed by atoms with Crippen LogP contribution in [0.4, 0.5) is 10.8 Å². The topological polar surface area (TPSA) is 107 Å². The average Bonchev–Trinajstić information content (AvgIpc) is 3.10. The molecule has 0 unspecified atom stereocenters. The predicted molar refractivity (Wildman–Crippen MR) is 97.3 cm³/mol. The minimum Gasteiger partial charge on any atom is -0.497 e. The third-order valence-corrected chi connectivity index (χ3v) is 4.41. The van der Waals surface area contributed by atoms with E-state index in [2.05, 4.69) is 15.5 Å². The van der Waals surface area contributed by atoms with Gasteiger partial charge < -0.3 is 10.1 Å². The van der Waals surface area contributed by atoms with Gasteiger partial charge in [-0.25, -0.2) is 0 Å². The number of hydrogen-bond donors (Lipinski definition) is 1. The Balaban J connectivity index is 1.62. The maximum Gasteiger partial charge on any atom is 0.269 e. The summed E-state index contributed by atoms with van der Waals surface area (Å²) in [7, 11) is 1.60. The summed E-state index contributed by atoms with van der Waals surface area (Å²) in [5.74, 6) is 0.478. The number of anilines is 1. The van der Waals surface area contributed by atoms with E-state index in [0.717, 1.165) is 11.3 Å². The van der Waals surface area contributed by atoms with E-state index >= 15 is 0 Å². The van der Waals surface area contributed by atoms with Gasteiger partial charge in [-0.15, -0.1) is 10.2 Å². The van der Waals surface area contributed by atoms with Crippen molar-refractivity contribution in [3.05, 3.63) is 64.2 Å². The number of nitro groups is 1. The Hall–Kier alpha value is -3.33. The summed E-state index contributed by atoms with van der Waals surface area (Å²) in [6, 6.07) is 13.2. The summed E-state index contributed by atoms with van der Waals surface area (Å²) in [4.78, 5) is 22.3. The van der Waals surface area contributed by atoms with E-state index in [9.17, 15) is 14.9 Å². The van der Waals surface area contributed by atoms with Crippen LogP contribution in [0.15, 0.2) is 48.5 Å². The van der Waals surface area contributed by atoms with Crippen LogP contribution in [-0.2, 0) is 11.2 Å². The van der Waals surface area contributed by atoms with Crippen LogP contribution in [0.3, 0.4) is 0 Å². The lowest BCUT2D eigenvalue weighted by Gasteiger charge is -2.01. The first kappa shape index (κ1) is 17.5. The van der Waals surface area contributed by atoms with E-state index in [1.165, 1.54) is 23.5 Å². The molecular weight excluding hydrogens is 356 g/mol. The molecule has 9 heteroatoms. The Kier molecular flexibility index (Phi) is 5.18. The van der Waals surface area contributed by atoms with Crippen molar-refractivity contribution < 1.29 is 14.5 Å². The highest BCUT2D eigenvalue weighted by Crippen LogP contribution is 2.27. The van der Waals surface area contributed by atoms with E-state index in [1.807, 2.05) is 24.3 Å². The van der Waals surface area contributed by atoms with E-state index in [4.69, 9.17) is 4.74 Å². The van der Waals surface area contributed by atoms with Gasteiger partial charge in [-0.05, 0) is 29.8 Å². The van der Waals surface area contributed by atoms with E-state index in [-0.39, 0.29) is 18.0 Å². The van der Waals surface area contributed by atoms with Crippen LogP contribution in [0.1, 0.15) is 5.56 Å². The molecule has 1 aromatic heterocycles. The van der Waals surface area contributed by atoms with Crippen LogP contribution in [-0.4, -0.2) is 28.1 Å². The molecule has 132 valence electrons. The normalized spacial score (nSPS) is 10.3. The van der Waals surface area contributed by atoms with Gasteiger partial charge in [-0.3, -0.25) is 14.9 Å². The number of carbonyl (C=O) groups is 1. The molecule has 0 radical (unpaired) electrons. The van der Waals surface area contributed by atoms with Gasteiger partial charge in [0, 0.05) is 17.7 Å². The van der Waals surface area contributed by atoms with Gasteiger partial charge in [0.15, 0.2) is 0 Å². The van der Waals surface area contributed by atoms with Crippen LogP contribution >= 0.6 is 11.3 Å². The number of aromatic nitrogens is 2. The second kappa shape index (κ2) is 7.70. The van der Waals surface area contributed by atoms with Crippen molar-refractivity contribution in [3.8, 4) is 16.3 Å². The zero-order chi connectivity index (χ0) is 18.5. The number of carbonyl (C=O) groups excluding carboxylic acids is 1. The molecule has 1 heterocycles. The number of hydrogen-bond acceptors (Lipinski definition) is 7. The summed E-state index contributed by atoms with van der Waals surface area (Å²) in [6.45, 7) is 0. The highest BCUT2D eigenvalue weighted by Gasteiger charge is 2.11. The van der Waals surface area contributed by atoms with E-state index in [1.54, 1.807) is 19.2 Å². The van der Waals surface area contributed by atoms with Crippen LogP contribution in [0.2, 0.25) is 0 Å². The second-order valence-electron chi connectivity index (χ2n) is 5.29. The molecule has 0 atom stereocenters. The second-order valence-corrected chi connectivity index (χ2v) is 6.27. The number of benzene rings is 2. The minimum absolute atomic E-state index is 0.0117. The lowest BCUT2D eigenvalue weighted by molar-refractivity contribution is -0.384. The Morgan fingerprint density at radius 3 is 2.46 bits per heavy atom. The first-order valence-corrected chi connectivity index (χ1v) is 8.38. The molecule has 2 aromatic carbocycles. The Labute approximate surface area is 152 Å². The highest BCUT2D eigenvalue weighted by molar-refractivity contribution is 7.18. The molecule has 0 aliphatic rings. The maximum absolute atomic E-state index is 12.1. The molecule has 0 saturated carbocycles. The van der Waals surface area contributed by atoms with Crippen molar-refractivity contribution in [2.45, 2.75) is 6.42 Å². The predicted octanol–water partition coefficient (Wildman–Crippen LogP) is 3.30. The fourth-order valence-electron chi connectivity index (χ4n) is 2.21. The summed E-state index contributed by atoms with van der Waals surface area (Å²) in [5, 5.41) is 22.4. The summed E-state index contributed by atoms with van der Waals surface area (Å²) >= 11 is 1.26.